The number of hydrogen-bond donors (Lipinski definition) is 1. The van der Waals surface area contributed by atoms with E-state index in [-0.39, 0.29) is 24.5 Å². The van der Waals surface area contributed by atoms with Gasteiger partial charge in [-0.15, -0.1) is 0 Å². The topological polar surface area (TPSA) is 102 Å². The van der Waals surface area contributed by atoms with E-state index in [0.29, 0.717) is 24.5 Å². The summed E-state index contributed by atoms with van der Waals surface area (Å²) in [6, 6.07) is 5.48. The molecule has 3 atom stereocenters. The average molecular weight is 466 g/mol. The van der Waals surface area contributed by atoms with Crippen molar-refractivity contribution in [2.75, 3.05) is 27.9 Å². The van der Waals surface area contributed by atoms with E-state index < -0.39 is 24.1 Å². The highest BCUT2D eigenvalue weighted by Crippen LogP contribution is 2.39. The van der Waals surface area contributed by atoms with Crippen LogP contribution in [0.2, 0.25) is 0 Å². The quantitative estimate of drug-likeness (QED) is 0.412. The lowest BCUT2D eigenvalue weighted by Gasteiger charge is -2.37. The summed E-state index contributed by atoms with van der Waals surface area (Å²) >= 11 is 0. The van der Waals surface area contributed by atoms with E-state index in [9.17, 15) is 9.59 Å². The van der Waals surface area contributed by atoms with Crippen molar-refractivity contribution >= 4 is 11.9 Å². The fourth-order valence-electron chi connectivity index (χ4n) is 4.56. The number of benzene rings is 1. The zero-order valence-corrected chi connectivity index (χ0v) is 19.8. The molecule has 33 heavy (non-hydrogen) atoms. The molecule has 1 aliphatic heterocycles. The summed E-state index contributed by atoms with van der Waals surface area (Å²) in [5.74, 6) is -1.12. The Labute approximate surface area is 194 Å². The molecular formula is C24H35NO8. The number of carbonyl (C=O) groups excluding carboxylic acids is 2. The molecular weight excluding hydrogens is 430 g/mol. The first-order valence-corrected chi connectivity index (χ1v) is 11.5. The summed E-state index contributed by atoms with van der Waals surface area (Å²) in [7, 11) is 4.13. The third kappa shape index (κ3) is 6.37. The summed E-state index contributed by atoms with van der Waals surface area (Å²) in [4.78, 5) is 30.2. The van der Waals surface area contributed by atoms with Crippen LogP contribution in [0.1, 0.15) is 56.9 Å². The minimum atomic E-state index is -1.07. The first kappa shape index (κ1) is 25.3. The fraction of sp³-hybridized carbons (Fsp3) is 0.667. The molecule has 2 aliphatic rings. The van der Waals surface area contributed by atoms with Crippen molar-refractivity contribution in [3.63, 3.8) is 0 Å². The molecule has 0 spiro atoms. The Bertz CT molecular complexity index is 779. The number of hydrogen-bond acceptors (Lipinski definition) is 9. The summed E-state index contributed by atoms with van der Waals surface area (Å²) in [6.45, 7) is 2.39. The van der Waals surface area contributed by atoms with Crippen LogP contribution >= 0.6 is 0 Å². The molecule has 1 N–H and O–H groups in total. The van der Waals surface area contributed by atoms with Gasteiger partial charge in [0.25, 0.3) is 0 Å². The van der Waals surface area contributed by atoms with Crippen LogP contribution in [0.3, 0.4) is 0 Å². The van der Waals surface area contributed by atoms with Crippen molar-refractivity contribution in [3.8, 4) is 11.5 Å². The number of methoxy groups -OCH3 is 3. The predicted molar refractivity (Wildman–Crippen MR) is 119 cm³/mol. The minimum Gasteiger partial charge on any atom is -0.493 e. The molecule has 0 bridgehead atoms. The van der Waals surface area contributed by atoms with Crippen LogP contribution in [-0.2, 0) is 28.6 Å². The maximum absolute atomic E-state index is 12.3. The second-order valence-corrected chi connectivity index (χ2v) is 8.34. The lowest BCUT2D eigenvalue weighted by atomic mass is 9.83. The first-order chi connectivity index (χ1) is 16.0. The van der Waals surface area contributed by atoms with E-state index in [0.717, 1.165) is 31.2 Å². The monoisotopic (exact) mass is 465 g/mol. The molecule has 1 aromatic rings. The first-order valence-electron chi connectivity index (χ1n) is 11.5. The van der Waals surface area contributed by atoms with Gasteiger partial charge in [0.1, 0.15) is 0 Å². The number of nitrogens with one attached hydrogen (secondary N) is 1. The van der Waals surface area contributed by atoms with Gasteiger partial charge in [0, 0.05) is 25.0 Å². The average Bonchev–Trinajstić information content (AvgIpc) is 3.35. The van der Waals surface area contributed by atoms with Gasteiger partial charge < -0.3 is 23.7 Å². The summed E-state index contributed by atoms with van der Waals surface area (Å²) in [5, 5.41) is 0. The number of hydroxylamine groups is 1. The van der Waals surface area contributed by atoms with Gasteiger partial charge in [0.2, 0.25) is 0 Å². The number of esters is 2. The Morgan fingerprint density at radius 1 is 1.09 bits per heavy atom. The molecule has 9 heteroatoms. The van der Waals surface area contributed by atoms with E-state index >= 15 is 0 Å². The van der Waals surface area contributed by atoms with E-state index in [1.165, 1.54) is 14.2 Å². The largest absolute Gasteiger partial charge is 0.493 e. The molecule has 1 aliphatic carbocycles. The van der Waals surface area contributed by atoms with Crippen LogP contribution in [0, 0.1) is 5.92 Å². The van der Waals surface area contributed by atoms with Crippen molar-refractivity contribution in [1.29, 1.82) is 0 Å². The van der Waals surface area contributed by atoms with Crippen LogP contribution in [0.5, 0.6) is 11.5 Å². The smallest absolute Gasteiger partial charge is 0.320 e. The Morgan fingerprint density at radius 3 is 2.39 bits per heavy atom. The van der Waals surface area contributed by atoms with Crippen LogP contribution in [0.4, 0.5) is 0 Å². The normalized spacial score (nSPS) is 23.4. The van der Waals surface area contributed by atoms with E-state index in [4.69, 9.17) is 28.5 Å². The van der Waals surface area contributed by atoms with E-state index in [1.807, 2.05) is 25.1 Å². The second-order valence-electron chi connectivity index (χ2n) is 8.34. The van der Waals surface area contributed by atoms with Gasteiger partial charge in [-0.3, -0.25) is 14.4 Å². The highest BCUT2D eigenvalue weighted by Gasteiger charge is 2.39. The molecule has 1 saturated heterocycles. The highest BCUT2D eigenvalue weighted by atomic mass is 16.8. The maximum Gasteiger partial charge on any atom is 0.320 e. The van der Waals surface area contributed by atoms with Gasteiger partial charge in [-0.25, -0.2) is 0 Å². The van der Waals surface area contributed by atoms with Crippen LogP contribution in [0.25, 0.3) is 0 Å². The zero-order valence-electron chi connectivity index (χ0n) is 19.8. The second kappa shape index (κ2) is 12.2. The maximum atomic E-state index is 12.3. The lowest BCUT2D eigenvalue weighted by Crippen LogP contribution is -2.48. The summed E-state index contributed by atoms with van der Waals surface area (Å²) in [5.41, 5.74) is 3.97. The van der Waals surface area contributed by atoms with Crippen LogP contribution < -0.4 is 15.0 Å². The Kier molecular flexibility index (Phi) is 9.34. The van der Waals surface area contributed by atoms with Gasteiger partial charge in [0.05, 0.1) is 27.4 Å². The molecule has 184 valence electrons. The molecule has 0 amide bonds. The zero-order chi connectivity index (χ0) is 23.8. The molecule has 1 aromatic carbocycles. The molecule has 2 fully saturated rings. The molecule has 1 saturated carbocycles. The molecule has 9 nitrogen and oxygen atoms in total. The molecule has 3 rings (SSSR count). The third-order valence-corrected chi connectivity index (χ3v) is 6.31. The lowest BCUT2D eigenvalue weighted by molar-refractivity contribution is -0.217. The number of ether oxygens (including phenoxy) is 5. The Morgan fingerprint density at radius 2 is 1.79 bits per heavy atom. The highest BCUT2D eigenvalue weighted by molar-refractivity contribution is 5.94. The minimum absolute atomic E-state index is 0.121. The molecule has 0 unspecified atom stereocenters. The van der Waals surface area contributed by atoms with Crippen molar-refractivity contribution < 1.29 is 38.1 Å². The molecule has 1 heterocycles. The van der Waals surface area contributed by atoms with Crippen LogP contribution in [0.15, 0.2) is 18.2 Å². The summed E-state index contributed by atoms with van der Waals surface area (Å²) in [6.07, 6.45) is 4.78. The Hall–Kier alpha value is -2.36. The molecule has 0 aromatic heterocycles. The SMILES string of the molecule is CCO[C@@H]1C[C@@H](c2ccc(OC)c(OC3CCCC3)c2)[C@H](CC(C(=O)OC)C(=O)OC)NO1. The van der Waals surface area contributed by atoms with Crippen molar-refractivity contribution in [1.82, 2.24) is 5.48 Å². The standard InChI is InChI=1S/C24H35NO8/c1-5-31-22-14-17(19(25-33-22)13-18(23(26)29-3)24(27)30-4)15-10-11-20(28-2)21(12-15)32-16-8-6-7-9-16/h10-12,16-19,22,25H,5-9,13-14H2,1-4H3/t17-,19-,22-/m0/s1. The van der Waals surface area contributed by atoms with Crippen molar-refractivity contribution in [3.05, 3.63) is 23.8 Å². The third-order valence-electron chi connectivity index (χ3n) is 6.31. The predicted octanol–water partition coefficient (Wildman–Crippen LogP) is 3.11. The van der Waals surface area contributed by atoms with Gasteiger partial charge >= 0.3 is 11.9 Å². The van der Waals surface area contributed by atoms with Gasteiger partial charge in [-0.2, -0.15) is 5.48 Å². The number of rotatable bonds is 10. The van der Waals surface area contributed by atoms with Crippen LogP contribution in [-0.4, -0.2) is 58.3 Å². The fourth-order valence-corrected chi connectivity index (χ4v) is 4.56. The Balaban J connectivity index is 1.88. The van der Waals surface area contributed by atoms with Gasteiger partial charge in [-0.05, 0) is 56.7 Å². The molecule has 0 radical (unpaired) electrons. The van der Waals surface area contributed by atoms with Crippen molar-refractivity contribution in [2.45, 2.75) is 69.8 Å². The number of carbonyl (C=O) groups is 2. The van der Waals surface area contributed by atoms with E-state index in [2.05, 4.69) is 5.48 Å². The van der Waals surface area contributed by atoms with E-state index in [1.54, 1.807) is 7.11 Å². The van der Waals surface area contributed by atoms with Gasteiger partial charge in [0.15, 0.2) is 23.7 Å². The van der Waals surface area contributed by atoms with Gasteiger partial charge in [-0.1, -0.05) is 6.07 Å². The van der Waals surface area contributed by atoms with Crippen molar-refractivity contribution in [2.24, 2.45) is 5.92 Å². The summed E-state index contributed by atoms with van der Waals surface area (Å²) < 4.78 is 27.2.